The van der Waals surface area contributed by atoms with E-state index in [1.807, 2.05) is 12.1 Å². The molecular formula is C16H17Cl2NO2. The molecule has 1 fully saturated rings. The number of hydrogen-bond donors (Lipinski definition) is 1. The maximum absolute atomic E-state index is 12.0. The largest absolute Gasteiger partial charge is 0.395 e. The van der Waals surface area contributed by atoms with Crippen LogP contribution in [-0.2, 0) is 4.79 Å². The van der Waals surface area contributed by atoms with Crippen LogP contribution in [0.15, 0.2) is 18.2 Å². The van der Waals surface area contributed by atoms with Crippen LogP contribution >= 0.6 is 23.2 Å². The highest BCUT2D eigenvalue weighted by Crippen LogP contribution is 2.31. The summed E-state index contributed by atoms with van der Waals surface area (Å²) >= 11 is 12.0. The van der Waals surface area contributed by atoms with Gasteiger partial charge in [-0.05, 0) is 36.5 Å². The third-order valence-electron chi connectivity index (χ3n) is 3.56. The molecule has 1 saturated heterocycles. The molecule has 21 heavy (non-hydrogen) atoms. The van der Waals surface area contributed by atoms with Gasteiger partial charge in [0.05, 0.1) is 16.7 Å². The highest BCUT2D eigenvalue weighted by molar-refractivity contribution is 6.42. The summed E-state index contributed by atoms with van der Waals surface area (Å²) in [5.74, 6) is 5.34. The summed E-state index contributed by atoms with van der Waals surface area (Å²) in [6.07, 6.45) is 2.29. The molecule has 1 aliphatic heterocycles. The Labute approximate surface area is 134 Å². The average Bonchev–Trinajstić information content (AvgIpc) is 2.50. The Morgan fingerprint density at radius 3 is 2.90 bits per heavy atom. The number of benzene rings is 1. The molecule has 112 valence electrons. The smallest absolute Gasteiger partial charge is 0.298 e. The Morgan fingerprint density at radius 1 is 1.38 bits per heavy atom. The van der Waals surface area contributed by atoms with Gasteiger partial charge in [0.1, 0.15) is 0 Å². The molecule has 0 aromatic heterocycles. The van der Waals surface area contributed by atoms with Crippen molar-refractivity contribution in [3.8, 4) is 11.8 Å². The van der Waals surface area contributed by atoms with Crippen molar-refractivity contribution in [2.45, 2.75) is 25.2 Å². The van der Waals surface area contributed by atoms with Gasteiger partial charge in [-0.15, -0.1) is 0 Å². The Balaban J connectivity index is 2.05. The van der Waals surface area contributed by atoms with Gasteiger partial charge in [-0.1, -0.05) is 35.2 Å². The van der Waals surface area contributed by atoms with Gasteiger partial charge >= 0.3 is 0 Å². The molecule has 3 nitrogen and oxygen atoms in total. The molecule has 5 heteroatoms. The molecule has 1 aromatic carbocycles. The van der Waals surface area contributed by atoms with Crippen LogP contribution in [0.25, 0.3) is 0 Å². The molecule has 2 rings (SSSR count). The lowest BCUT2D eigenvalue weighted by atomic mass is 9.90. The van der Waals surface area contributed by atoms with E-state index < -0.39 is 0 Å². The van der Waals surface area contributed by atoms with E-state index in [0.29, 0.717) is 23.0 Å². The van der Waals surface area contributed by atoms with E-state index >= 15 is 0 Å². The fourth-order valence-corrected chi connectivity index (χ4v) is 2.78. The maximum atomic E-state index is 12.0. The van der Waals surface area contributed by atoms with Crippen LogP contribution in [-0.4, -0.2) is 35.6 Å². The van der Waals surface area contributed by atoms with Crippen molar-refractivity contribution in [1.82, 2.24) is 4.90 Å². The monoisotopic (exact) mass is 325 g/mol. The third-order valence-corrected chi connectivity index (χ3v) is 4.29. The zero-order chi connectivity index (χ0) is 15.2. The summed E-state index contributed by atoms with van der Waals surface area (Å²) in [6.45, 7) is 1.35. The number of carbonyl (C=O) groups excluding carboxylic acids is 1. The molecule has 1 unspecified atom stereocenters. The average molecular weight is 326 g/mol. The van der Waals surface area contributed by atoms with Gasteiger partial charge in [-0.2, -0.15) is 0 Å². The number of aliphatic hydroxyl groups excluding tert-OH is 1. The van der Waals surface area contributed by atoms with E-state index in [1.54, 1.807) is 11.0 Å². The molecule has 0 saturated carbocycles. The molecule has 1 amide bonds. The second kappa shape index (κ2) is 7.70. The highest BCUT2D eigenvalue weighted by atomic mass is 35.5. The molecule has 1 heterocycles. The topological polar surface area (TPSA) is 40.5 Å². The van der Waals surface area contributed by atoms with Crippen molar-refractivity contribution in [3.05, 3.63) is 33.8 Å². The van der Waals surface area contributed by atoms with Gasteiger partial charge in [-0.3, -0.25) is 4.79 Å². The fraction of sp³-hybridized carbons (Fsp3) is 0.438. The first-order valence-electron chi connectivity index (χ1n) is 6.95. The lowest BCUT2D eigenvalue weighted by Gasteiger charge is -2.31. The van der Waals surface area contributed by atoms with Crippen molar-refractivity contribution in [3.63, 3.8) is 0 Å². The highest BCUT2D eigenvalue weighted by Gasteiger charge is 2.24. The predicted octanol–water partition coefficient (Wildman–Crippen LogP) is 3.09. The first-order chi connectivity index (χ1) is 10.1. The zero-order valence-corrected chi connectivity index (χ0v) is 13.1. The minimum atomic E-state index is -0.173. The number of aliphatic hydroxyl groups is 1. The van der Waals surface area contributed by atoms with E-state index in [2.05, 4.69) is 11.8 Å². The number of hydrogen-bond acceptors (Lipinski definition) is 2. The van der Waals surface area contributed by atoms with Crippen molar-refractivity contribution in [2.75, 3.05) is 19.7 Å². The van der Waals surface area contributed by atoms with E-state index in [-0.39, 0.29) is 18.4 Å². The van der Waals surface area contributed by atoms with Gasteiger partial charge in [-0.25, -0.2) is 0 Å². The summed E-state index contributed by atoms with van der Waals surface area (Å²) in [5, 5.41) is 9.76. The first kappa shape index (κ1) is 16.2. The van der Waals surface area contributed by atoms with E-state index in [9.17, 15) is 4.79 Å². The van der Waals surface area contributed by atoms with Crippen molar-refractivity contribution in [2.24, 2.45) is 0 Å². The molecule has 0 bridgehead atoms. The lowest BCUT2D eigenvalue weighted by Crippen LogP contribution is -2.38. The van der Waals surface area contributed by atoms with E-state index in [4.69, 9.17) is 28.3 Å². The van der Waals surface area contributed by atoms with Crippen LogP contribution in [0.4, 0.5) is 0 Å². The fourth-order valence-electron chi connectivity index (χ4n) is 2.47. The molecule has 0 spiro atoms. The molecule has 0 aliphatic carbocycles. The van der Waals surface area contributed by atoms with E-state index in [1.165, 1.54) is 0 Å². The maximum Gasteiger partial charge on any atom is 0.298 e. The second-order valence-electron chi connectivity index (χ2n) is 5.04. The second-order valence-corrected chi connectivity index (χ2v) is 5.85. The number of amides is 1. The number of piperidine rings is 1. The standard InChI is InChI=1S/C16H17Cl2NO2/c17-14-7-6-12(10-15(14)18)13-4-3-8-19(11-13)16(21)5-1-2-9-20/h6-7,10,13,20H,2-4,8-9,11H2. The predicted molar refractivity (Wildman–Crippen MR) is 84.5 cm³/mol. The minimum Gasteiger partial charge on any atom is -0.395 e. The van der Waals surface area contributed by atoms with Gasteiger partial charge in [0.15, 0.2) is 0 Å². The molecule has 1 atom stereocenters. The van der Waals surface area contributed by atoms with Gasteiger partial charge in [0.25, 0.3) is 5.91 Å². The quantitative estimate of drug-likeness (QED) is 0.849. The van der Waals surface area contributed by atoms with Crippen LogP contribution < -0.4 is 0 Å². The number of rotatable bonds is 2. The molecule has 1 aromatic rings. The summed E-state index contributed by atoms with van der Waals surface area (Å²) in [7, 11) is 0. The third kappa shape index (κ3) is 4.38. The summed E-state index contributed by atoms with van der Waals surface area (Å²) in [6, 6.07) is 5.63. The van der Waals surface area contributed by atoms with Crippen LogP contribution in [0.1, 0.15) is 30.7 Å². The van der Waals surface area contributed by atoms with Crippen LogP contribution in [0.2, 0.25) is 10.0 Å². The van der Waals surface area contributed by atoms with Gasteiger partial charge in [0.2, 0.25) is 0 Å². The number of carbonyl (C=O) groups is 1. The Bertz CT molecular complexity index is 577. The Morgan fingerprint density at radius 2 is 2.19 bits per heavy atom. The van der Waals surface area contributed by atoms with E-state index in [0.717, 1.165) is 24.9 Å². The van der Waals surface area contributed by atoms with Gasteiger partial charge < -0.3 is 10.0 Å². The molecule has 1 aliphatic rings. The van der Waals surface area contributed by atoms with Gasteiger partial charge in [0, 0.05) is 25.4 Å². The number of halogens is 2. The molecule has 1 N–H and O–H groups in total. The summed E-state index contributed by atoms with van der Waals surface area (Å²) in [5.41, 5.74) is 1.10. The number of nitrogens with zero attached hydrogens (tertiary/aromatic N) is 1. The first-order valence-corrected chi connectivity index (χ1v) is 7.71. The van der Waals surface area contributed by atoms with Crippen molar-refractivity contribution < 1.29 is 9.90 Å². The SMILES string of the molecule is O=C(C#CCCO)N1CCCC(c2ccc(Cl)c(Cl)c2)C1. The normalized spacial score (nSPS) is 18.0. The molecule has 0 radical (unpaired) electrons. The van der Waals surface area contributed by atoms with Crippen molar-refractivity contribution >= 4 is 29.1 Å². The Kier molecular flexibility index (Phi) is 5.93. The summed E-state index contributed by atoms with van der Waals surface area (Å²) in [4.78, 5) is 13.8. The van der Waals surface area contributed by atoms with Crippen molar-refractivity contribution in [1.29, 1.82) is 0 Å². The Hall–Kier alpha value is -1.21. The van der Waals surface area contributed by atoms with Crippen LogP contribution in [0, 0.1) is 11.8 Å². The molecular weight excluding hydrogens is 309 g/mol. The zero-order valence-electron chi connectivity index (χ0n) is 11.6. The van der Waals surface area contributed by atoms with Crippen LogP contribution in [0.3, 0.4) is 0 Å². The minimum absolute atomic E-state index is 0.0216. The summed E-state index contributed by atoms with van der Waals surface area (Å²) < 4.78 is 0. The number of likely N-dealkylation sites (tertiary alicyclic amines) is 1. The lowest BCUT2D eigenvalue weighted by molar-refractivity contribution is -0.126. The van der Waals surface area contributed by atoms with Crippen LogP contribution in [0.5, 0.6) is 0 Å².